The molecule has 0 radical (unpaired) electrons. The summed E-state index contributed by atoms with van der Waals surface area (Å²) in [6, 6.07) is 5.96. The maximum atomic E-state index is 12.4. The lowest BCUT2D eigenvalue weighted by Crippen LogP contribution is -2.47. The van der Waals surface area contributed by atoms with E-state index >= 15 is 0 Å². The molecular formula is C22H33N7O2. The number of pyridine rings is 1. The third kappa shape index (κ3) is 7.04. The number of rotatable bonds is 8. The smallest absolute Gasteiger partial charge is 0.276 e. The summed E-state index contributed by atoms with van der Waals surface area (Å²) in [5.74, 6) is 1.98. The molecule has 3 N–H and O–H groups in total. The first kappa shape index (κ1) is 22.7. The zero-order valence-corrected chi connectivity index (χ0v) is 18.6. The van der Waals surface area contributed by atoms with Crippen LogP contribution in [-0.4, -0.2) is 52.2 Å². The fraction of sp³-hybridized carbons (Fsp3) is 0.591. The molecule has 1 amide bonds. The van der Waals surface area contributed by atoms with Crippen molar-refractivity contribution in [1.82, 2.24) is 31.1 Å². The van der Waals surface area contributed by atoms with Gasteiger partial charge in [0.2, 0.25) is 5.91 Å². The maximum absolute atomic E-state index is 12.4. The number of aromatic nitrogens is 3. The molecule has 9 heteroatoms. The highest BCUT2D eigenvalue weighted by Gasteiger charge is 2.28. The van der Waals surface area contributed by atoms with Gasteiger partial charge in [0.05, 0.1) is 0 Å². The number of hydrogen-bond donors (Lipinski definition) is 3. The Kier molecular flexibility index (Phi) is 8.37. The number of aliphatic imine (C=N–C) groups is 1. The molecule has 2 atom stereocenters. The molecule has 168 valence electrons. The zero-order valence-electron chi connectivity index (χ0n) is 18.6. The molecule has 0 saturated heterocycles. The quantitative estimate of drug-likeness (QED) is 0.437. The van der Waals surface area contributed by atoms with Crippen LogP contribution in [0.1, 0.15) is 52.3 Å². The van der Waals surface area contributed by atoms with Gasteiger partial charge in [-0.15, -0.1) is 0 Å². The minimum Gasteiger partial charge on any atom is -0.357 e. The molecule has 2 aromatic heterocycles. The minimum atomic E-state index is 0.0564. The number of carbonyl (C=O) groups excluding carboxylic acids is 1. The normalized spacial score (nSPS) is 19.3. The average Bonchev–Trinajstić information content (AvgIpc) is 3.23. The standard InChI is InChI=1S/C22H33N7O2/c1-4-23-22(27-17-9-7-8-16(14-17)20(30)26-15(2)3)25-13-11-19-28-21(31-29-19)18-10-5-6-12-24-18/h5-6,10,12,15-17H,4,7-9,11,13-14H2,1-3H3,(H,26,30)(H2,23,25,27). The van der Waals surface area contributed by atoms with E-state index in [1.54, 1.807) is 6.20 Å². The van der Waals surface area contributed by atoms with E-state index < -0.39 is 0 Å². The lowest BCUT2D eigenvalue weighted by atomic mass is 9.85. The predicted molar refractivity (Wildman–Crippen MR) is 119 cm³/mol. The highest BCUT2D eigenvalue weighted by molar-refractivity contribution is 5.81. The molecule has 1 fully saturated rings. The predicted octanol–water partition coefficient (Wildman–Crippen LogP) is 2.31. The van der Waals surface area contributed by atoms with E-state index in [0.717, 1.165) is 38.2 Å². The summed E-state index contributed by atoms with van der Waals surface area (Å²) >= 11 is 0. The van der Waals surface area contributed by atoms with Gasteiger partial charge in [-0.2, -0.15) is 4.98 Å². The van der Waals surface area contributed by atoms with Gasteiger partial charge in [0.1, 0.15) is 5.69 Å². The topological polar surface area (TPSA) is 117 Å². The van der Waals surface area contributed by atoms with E-state index in [1.807, 2.05) is 39.0 Å². The van der Waals surface area contributed by atoms with E-state index in [4.69, 9.17) is 4.52 Å². The number of nitrogens with one attached hydrogen (secondary N) is 3. The van der Waals surface area contributed by atoms with Crippen molar-refractivity contribution in [1.29, 1.82) is 0 Å². The van der Waals surface area contributed by atoms with Gasteiger partial charge in [-0.25, -0.2) is 0 Å². The Hall–Kier alpha value is -2.97. The van der Waals surface area contributed by atoms with Gasteiger partial charge < -0.3 is 20.5 Å². The molecule has 0 aliphatic heterocycles. The third-order valence-electron chi connectivity index (χ3n) is 5.12. The van der Waals surface area contributed by atoms with Crippen molar-refractivity contribution in [3.63, 3.8) is 0 Å². The van der Waals surface area contributed by atoms with Crippen LogP contribution in [0.4, 0.5) is 0 Å². The monoisotopic (exact) mass is 427 g/mol. The molecule has 0 bridgehead atoms. The summed E-state index contributed by atoms with van der Waals surface area (Å²) in [5.41, 5.74) is 0.660. The van der Waals surface area contributed by atoms with Gasteiger partial charge in [-0.3, -0.25) is 14.8 Å². The Bertz CT molecular complexity index is 851. The van der Waals surface area contributed by atoms with E-state index in [2.05, 4.69) is 36.1 Å². The number of carbonyl (C=O) groups is 1. The van der Waals surface area contributed by atoms with Gasteiger partial charge in [0.15, 0.2) is 11.8 Å². The molecule has 3 rings (SSSR count). The molecule has 9 nitrogen and oxygen atoms in total. The van der Waals surface area contributed by atoms with E-state index in [0.29, 0.717) is 30.4 Å². The average molecular weight is 428 g/mol. The first-order valence-electron chi connectivity index (χ1n) is 11.1. The SMILES string of the molecule is CCNC(=NCCc1noc(-c2ccccn2)n1)NC1CCCC(C(=O)NC(C)C)C1. The first-order valence-corrected chi connectivity index (χ1v) is 11.1. The van der Waals surface area contributed by atoms with Crippen LogP contribution < -0.4 is 16.0 Å². The van der Waals surface area contributed by atoms with Crippen molar-refractivity contribution < 1.29 is 9.32 Å². The van der Waals surface area contributed by atoms with Crippen LogP contribution >= 0.6 is 0 Å². The Balaban J connectivity index is 1.53. The fourth-order valence-corrected chi connectivity index (χ4v) is 3.69. The van der Waals surface area contributed by atoms with E-state index in [-0.39, 0.29) is 23.9 Å². The van der Waals surface area contributed by atoms with Crippen LogP contribution in [0.15, 0.2) is 33.9 Å². The number of amides is 1. The first-order chi connectivity index (χ1) is 15.0. The molecular weight excluding hydrogens is 394 g/mol. The van der Waals surface area contributed by atoms with Crippen molar-refractivity contribution in [2.45, 2.75) is 65.0 Å². The van der Waals surface area contributed by atoms with Gasteiger partial charge in [-0.1, -0.05) is 17.6 Å². The van der Waals surface area contributed by atoms with Gasteiger partial charge in [-0.05, 0) is 52.2 Å². The highest BCUT2D eigenvalue weighted by Crippen LogP contribution is 2.24. The summed E-state index contributed by atoms with van der Waals surface area (Å²) < 4.78 is 5.30. The largest absolute Gasteiger partial charge is 0.357 e. The van der Waals surface area contributed by atoms with E-state index in [9.17, 15) is 4.79 Å². The highest BCUT2D eigenvalue weighted by atomic mass is 16.5. The summed E-state index contributed by atoms with van der Waals surface area (Å²) in [4.78, 5) is 25.7. The van der Waals surface area contributed by atoms with Crippen LogP contribution in [0, 0.1) is 5.92 Å². The second-order valence-corrected chi connectivity index (χ2v) is 8.11. The molecule has 2 heterocycles. The Morgan fingerprint density at radius 1 is 1.32 bits per heavy atom. The van der Waals surface area contributed by atoms with Crippen LogP contribution in [-0.2, 0) is 11.2 Å². The van der Waals surface area contributed by atoms with Crippen molar-refractivity contribution in [3.8, 4) is 11.6 Å². The molecule has 2 unspecified atom stereocenters. The number of nitrogens with zero attached hydrogens (tertiary/aromatic N) is 4. The molecule has 0 spiro atoms. The van der Waals surface area contributed by atoms with E-state index in [1.165, 1.54) is 0 Å². The van der Waals surface area contributed by atoms with Gasteiger partial charge in [0, 0.05) is 43.7 Å². The van der Waals surface area contributed by atoms with Crippen molar-refractivity contribution >= 4 is 11.9 Å². The van der Waals surface area contributed by atoms with Crippen LogP contribution in [0.2, 0.25) is 0 Å². The Morgan fingerprint density at radius 3 is 2.94 bits per heavy atom. The van der Waals surface area contributed by atoms with Gasteiger partial charge in [0.25, 0.3) is 5.89 Å². The fourth-order valence-electron chi connectivity index (χ4n) is 3.69. The molecule has 1 saturated carbocycles. The number of hydrogen-bond acceptors (Lipinski definition) is 6. The lowest BCUT2D eigenvalue weighted by molar-refractivity contribution is -0.126. The van der Waals surface area contributed by atoms with Gasteiger partial charge >= 0.3 is 0 Å². The second-order valence-electron chi connectivity index (χ2n) is 8.11. The summed E-state index contributed by atoms with van der Waals surface area (Å²) in [6.45, 7) is 7.32. The lowest BCUT2D eigenvalue weighted by Gasteiger charge is -2.30. The van der Waals surface area contributed by atoms with Crippen LogP contribution in [0.25, 0.3) is 11.6 Å². The Labute approximate surface area is 183 Å². The zero-order chi connectivity index (χ0) is 22.1. The second kappa shape index (κ2) is 11.4. The summed E-state index contributed by atoms with van der Waals surface area (Å²) in [5, 5.41) is 13.8. The molecule has 0 aromatic carbocycles. The van der Waals surface area contributed by atoms with Crippen molar-refractivity contribution in [2.24, 2.45) is 10.9 Å². The minimum absolute atomic E-state index is 0.0564. The van der Waals surface area contributed by atoms with Crippen LogP contribution in [0.3, 0.4) is 0 Å². The number of guanidine groups is 1. The van der Waals surface area contributed by atoms with Crippen molar-refractivity contribution in [2.75, 3.05) is 13.1 Å². The maximum Gasteiger partial charge on any atom is 0.276 e. The molecule has 31 heavy (non-hydrogen) atoms. The Morgan fingerprint density at radius 2 is 2.19 bits per heavy atom. The van der Waals surface area contributed by atoms with Crippen molar-refractivity contribution in [3.05, 3.63) is 30.2 Å². The summed E-state index contributed by atoms with van der Waals surface area (Å²) in [6.07, 6.45) is 6.10. The molecule has 1 aliphatic carbocycles. The molecule has 2 aromatic rings. The van der Waals surface area contributed by atoms with Crippen LogP contribution in [0.5, 0.6) is 0 Å². The third-order valence-corrected chi connectivity index (χ3v) is 5.12. The molecule has 1 aliphatic rings. The summed E-state index contributed by atoms with van der Waals surface area (Å²) in [7, 11) is 0.